The predicted octanol–water partition coefficient (Wildman–Crippen LogP) is 3.31. The number of nitroso groups, excluding NO2 is 1. The van der Waals surface area contributed by atoms with E-state index >= 15 is 0 Å². The number of hydrogen-bond donors (Lipinski definition) is 0. The lowest BCUT2D eigenvalue weighted by atomic mass is 10.1. The summed E-state index contributed by atoms with van der Waals surface area (Å²) in [6.45, 7) is 1.50. The quantitative estimate of drug-likeness (QED) is 0.654. The van der Waals surface area contributed by atoms with E-state index in [-0.39, 0.29) is 10.6 Å². The molecule has 0 spiro atoms. The molecule has 0 radical (unpaired) electrons. The highest BCUT2D eigenvalue weighted by Crippen LogP contribution is 2.27. The van der Waals surface area contributed by atoms with Gasteiger partial charge in [-0.2, -0.15) is 4.91 Å². The second-order valence-corrected chi connectivity index (χ2v) is 2.82. The molecule has 2 nitrogen and oxygen atoms in total. The molecule has 0 N–H and O–H groups in total. The van der Waals surface area contributed by atoms with Gasteiger partial charge >= 0.3 is 0 Å². The molecule has 0 amide bonds. The van der Waals surface area contributed by atoms with E-state index in [0.717, 1.165) is 0 Å². The number of nitrogens with zero attached hydrogens (tertiary/aromatic N) is 1. The maximum atomic E-state index is 13.0. The summed E-state index contributed by atoms with van der Waals surface area (Å²) in [5.41, 5.74) is 0.161. The van der Waals surface area contributed by atoms with Gasteiger partial charge in [0.1, 0.15) is 11.9 Å². The normalized spacial score (nSPS) is 12.6. The van der Waals surface area contributed by atoms with E-state index in [1.54, 1.807) is 0 Å². The SMILES string of the molecule is CC(N=O)c1c(F)cccc1Cl. The Kier molecular flexibility index (Phi) is 2.76. The molecule has 0 aliphatic carbocycles. The smallest absolute Gasteiger partial charge is 0.130 e. The molecule has 1 rings (SSSR count). The second-order valence-electron chi connectivity index (χ2n) is 2.42. The van der Waals surface area contributed by atoms with Crippen LogP contribution in [-0.4, -0.2) is 0 Å². The third kappa shape index (κ3) is 1.61. The summed E-state index contributed by atoms with van der Waals surface area (Å²) in [7, 11) is 0. The van der Waals surface area contributed by atoms with Crippen LogP contribution in [-0.2, 0) is 0 Å². The van der Waals surface area contributed by atoms with Crippen molar-refractivity contribution in [1.82, 2.24) is 0 Å². The molecule has 0 heterocycles. The zero-order valence-corrected chi connectivity index (χ0v) is 7.18. The Morgan fingerprint density at radius 2 is 2.25 bits per heavy atom. The van der Waals surface area contributed by atoms with Crippen LogP contribution < -0.4 is 0 Å². The first kappa shape index (κ1) is 9.13. The van der Waals surface area contributed by atoms with E-state index in [1.165, 1.54) is 25.1 Å². The Bertz CT molecular complexity index is 283. The van der Waals surface area contributed by atoms with Crippen molar-refractivity contribution < 1.29 is 4.39 Å². The highest BCUT2D eigenvalue weighted by molar-refractivity contribution is 6.31. The van der Waals surface area contributed by atoms with Gasteiger partial charge in [0.25, 0.3) is 0 Å². The predicted molar refractivity (Wildman–Crippen MR) is 45.6 cm³/mol. The number of halogens is 2. The largest absolute Gasteiger partial charge is 0.207 e. The maximum Gasteiger partial charge on any atom is 0.130 e. The summed E-state index contributed by atoms with van der Waals surface area (Å²) >= 11 is 5.66. The summed E-state index contributed by atoms with van der Waals surface area (Å²) in [5.74, 6) is -0.491. The first-order valence-corrected chi connectivity index (χ1v) is 3.81. The Labute approximate surface area is 74.3 Å². The highest BCUT2D eigenvalue weighted by atomic mass is 35.5. The van der Waals surface area contributed by atoms with Crippen LogP contribution in [0.2, 0.25) is 5.02 Å². The molecule has 0 fully saturated rings. The summed E-state index contributed by atoms with van der Waals surface area (Å²) in [4.78, 5) is 10.1. The second kappa shape index (κ2) is 3.63. The fraction of sp³-hybridized carbons (Fsp3) is 0.250. The van der Waals surface area contributed by atoms with E-state index < -0.39 is 11.9 Å². The summed E-state index contributed by atoms with van der Waals surface area (Å²) < 4.78 is 13.0. The van der Waals surface area contributed by atoms with Crippen molar-refractivity contribution in [3.8, 4) is 0 Å². The molecule has 1 atom stereocenters. The standard InChI is InChI=1S/C8H7ClFNO/c1-5(11-12)8-6(9)3-2-4-7(8)10/h2-5H,1H3. The zero-order valence-electron chi connectivity index (χ0n) is 6.42. The molecule has 64 valence electrons. The van der Waals surface area contributed by atoms with Crippen molar-refractivity contribution in [3.63, 3.8) is 0 Å². The molecule has 0 aliphatic heterocycles. The van der Waals surface area contributed by atoms with Gasteiger partial charge in [-0.3, -0.25) is 0 Å². The van der Waals surface area contributed by atoms with Gasteiger partial charge in [0, 0.05) is 10.6 Å². The molecule has 1 aromatic carbocycles. The Hall–Kier alpha value is -0.960. The van der Waals surface area contributed by atoms with Gasteiger partial charge in [-0.1, -0.05) is 22.8 Å². The van der Waals surface area contributed by atoms with Gasteiger partial charge in [-0.05, 0) is 19.1 Å². The number of rotatable bonds is 2. The van der Waals surface area contributed by atoms with Crippen LogP contribution in [0.15, 0.2) is 23.4 Å². The molecule has 0 bridgehead atoms. The fourth-order valence-corrected chi connectivity index (χ4v) is 1.28. The van der Waals surface area contributed by atoms with E-state index in [2.05, 4.69) is 5.18 Å². The van der Waals surface area contributed by atoms with E-state index in [0.29, 0.717) is 0 Å². The first-order chi connectivity index (χ1) is 5.66. The topological polar surface area (TPSA) is 29.4 Å². The van der Waals surface area contributed by atoms with Crippen molar-refractivity contribution in [3.05, 3.63) is 39.5 Å². The number of hydrogen-bond acceptors (Lipinski definition) is 2. The van der Waals surface area contributed by atoms with Crippen LogP contribution in [0.3, 0.4) is 0 Å². The molecule has 1 aromatic rings. The lowest BCUT2D eigenvalue weighted by Crippen LogP contribution is -1.94. The van der Waals surface area contributed by atoms with Crippen LogP contribution in [0.1, 0.15) is 18.5 Å². The van der Waals surface area contributed by atoms with Crippen molar-refractivity contribution >= 4 is 11.6 Å². The molecule has 0 saturated carbocycles. The third-order valence-corrected chi connectivity index (χ3v) is 1.91. The first-order valence-electron chi connectivity index (χ1n) is 3.43. The Balaban J connectivity index is 3.20. The number of benzene rings is 1. The molecular formula is C8H7ClFNO. The van der Waals surface area contributed by atoms with E-state index in [4.69, 9.17) is 11.6 Å². The highest BCUT2D eigenvalue weighted by Gasteiger charge is 2.14. The van der Waals surface area contributed by atoms with Crippen LogP contribution in [0.4, 0.5) is 4.39 Å². The maximum absolute atomic E-state index is 13.0. The molecule has 4 heteroatoms. The van der Waals surface area contributed by atoms with Crippen molar-refractivity contribution in [2.45, 2.75) is 13.0 Å². The van der Waals surface area contributed by atoms with Crippen LogP contribution >= 0.6 is 11.6 Å². The molecule has 1 unspecified atom stereocenters. The molecule has 0 aliphatic rings. The Morgan fingerprint density at radius 1 is 1.58 bits per heavy atom. The van der Waals surface area contributed by atoms with E-state index in [9.17, 15) is 9.30 Å². The summed E-state index contributed by atoms with van der Waals surface area (Å²) in [5, 5.41) is 2.94. The molecule has 12 heavy (non-hydrogen) atoms. The van der Waals surface area contributed by atoms with Gasteiger partial charge in [-0.15, -0.1) is 0 Å². The average Bonchev–Trinajstić information content (AvgIpc) is 2.03. The summed E-state index contributed by atoms with van der Waals surface area (Å²) in [6.07, 6.45) is 0. The van der Waals surface area contributed by atoms with Gasteiger partial charge in [0.15, 0.2) is 0 Å². The van der Waals surface area contributed by atoms with Crippen LogP contribution in [0.25, 0.3) is 0 Å². The van der Waals surface area contributed by atoms with Gasteiger partial charge in [-0.25, -0.2) is 4.39 Å². The minimum absolute atomic E-state index is 0.161. The van der Waals surface area contributed by atoms with Gasteiger partial charge in [0.05, 0.1) is 0 Å². The van der Waals surface area contributed by atoms with Crippen LogP contribution in [0.5, 0.6) is 0 Å². The van der Waals surface area contributed by atoms with Gasteiger partial charge in [0.2, 0.25) is 0 Å². The van der Waals surface area contributed by atoms with Crippen molar-refractivity contribution in [1.29, 1.82) is 0 Å². The lowest BCUT2D eigenvalue weighted by Gasteiger charge is -2.05. The summed E-state index contributed by atoms with van der Waals surface area (Å²) in [6, 6.07) is 3.53. The van der Waals surface area contributed by atoms with Crippen LogP contribution in [0, 0.1) is 10.7 Å². The lowest BCUT2D eigenvalue weighted by molar-refractivity contribution is 0.593. The molecule has 0 saturated heterocycles. The van der Waals surface area contributed by atoms with Crippen molar-refractivity contribution in [2.75, 3.05) is 0 Å². The molecule has 0 aromatic heterocycles. The van der Waals surface area contributed by atoms with E-state index in [1.807, 2.05) is 0 Å². The third-order valence-electron chi connectivity index (χ3n) is 1.58. The minimum Gasteiger partial charge on any atom is -0.207 e. The monoisotopic (exact) mass is 187 g/mol. The van der Waals surface area contributed by atoms with Crippen molar-refractivity contribution in [2.24, 2.45) is 5.18 Å². The average molecular weight is 188 g/mol. The zero-order chi connectivity index (χ0) is 9.14. The van der Waals surface area contributed by atoms with Gasteiger partial charge < -0.3 is 0 Å². The fourth-order valence-electron chi connectivity index (χ4n) is 0.963. The Morgan fingerprint density at radius 3 is 2.75 bits per heavy atom. The molecular weight excluding hydrogens is 181 g/mol. The minimum atomic E-state index is -0.737.